The number of halogens is 4. The van der Waals surface area contributed by atoms with E-state index in [9.17, 15) is 13.2 Å². The van der Waals surface area contributed by atoms with E-state index in [0.29, 0.717) is 45.2 Å². The SMILES string of the molecule is CCNC(=NCc1nncn1C)N1CCN(C(C)C(F)(F)F)CC1.I. The molecule has 7 nitrogen and oxygen atoms in total. The molecular weight excluding hydrogens is 450 g/mol. The molecule has 0 aromatic carbocycles. The van der Waals surface area contributed by atoms with Crippen LogP contribution in [-0.2, 0) is 13.6 Å². The van der Waals surface area contributed by atoms with E-state index in [2.05, 4.69) is 20.5 Å². The molecule has 0 saturated carbocycles. The van der Waals surface area contributed by atoms with E-state index in [4.69, 9.17) is 0 Å². The largest absolute Gasteiger partial charge is 0.403 e. The minimum Gasteiger partial charge on any atom is -0.357 e. The predicted molar refractivity (Wildman–Crippen MR) is 99.9 cm³/mol. The smallest absolute Gasteiger partial charge is 0.357 e. The van der Waals surface area contributed by atoms with Crippen molar-refractivity contribution in [1.29, 1.82) is 0 Å². The molecule has 2 rings (SSSR count). The Morgan fingerprint density at radius 3 is 2.44 bits per heavy atom. The van der Waals surface area contributed by atoms with E-state index in [-0.39, 0.29) is 24.0 Å². The van der Waals surface area contributed by atoms with Crippen LogP contribution < -0.4 is 5.32 Å². The number of nitrogens with zero attached hydrogens (tertiary/aromatic N) is 6. The molecule has 1 aliphatic heterocycles. The van der Waals surface area contributed by atoms with Gasteiger partial charge in [-0.3, -0.25) is 4.90 Å². The lowest BCUT2D eigenvalue weighted by Crippen LogP contribution is -2.56. The maximum absolute atomic E-state index is 12.8. The first-order valence-corrected chi connectivity index (χ1v) is 7.99. The van der Waals surface area contributed by atoms with Gasteiger partial charge in [0.25, 0.3) is 0 Å². The number of hydrogen-bond donors (Lipinski definition) is 1. The van der Waals surface area contributed by atoms with Crippen molar-refractivity contribution in [3.05, 3.63) is 12.2 Å². The third kappa shape index (κ3) is 5.97. The summed E-state index contributed by atoms with van der Waals surface area (Å²) in [5.74, 6) is 1.43. The Hall–Kier alpha value is -1.11. The van der Waals surface area contributed by atoms with Gasteiger partial charge in [0.1, 0.15) is 18.9 Å². The summed E-state index contributed by atoms with van der Waals surface area (Å²) in [5.41, 5.74) is 0. The Morgan fingerprint density at radius 1 is 1.32 bits per heavy atom. The van der Waals surface area contributed by atoms with E-state index in [1.807, 2.05) is 18.9 Å². The maximum atomic E-state index is 12.8. The third-order valence-corrected chi connectivity index (χ3v) is 4.15. The van der Waals surface area contributed by atoms with Crippen molar-refractivity contribution in [2.24, 2.45) is 12.0 Å². The zero-order chi connectivity index (χ0) is 17.7. The fourth-order valence-electron chi connectivity index (χ4n) is 2.55. The van der Waals surface area contributed by atoms with Crippen LogP contribution in [0.1, 0.15) is 19.7 Å². The van der Waals surface area contributed by atoms with E-state index in [1.165, 1.54) is 11.8 Å². The van der Waals surface area contributed by atoms with Crippen molar-refractivity contribution in [2.75, 3.05) is 32.7 Å². The first-order valence-electron chi connectivity index (χ1n) is 7.99. The van der Waals surface area contributed by atoms with Gasteiger partial charge >= 0.3 is 6.18 Å². The first-order chi connectivity index (χ1) is 11.3. The van der Waals surface area contributed by atoms with Crippen LogP contribution in [-0.4, -0.2) is 75.5 Å². The molecule has 0 radical (unpaired) electrons. The highest BCUT2D eigenvalue weighted by Crippen LogP contribution is 2.25. The third-order valence-electron chi connectivity index (χ3n) is 4.15. The summed E-state index contributed by atoms with van der Waals surface area (Å²) < 4.78 is 40.2. The van der Waals surface area contributed by atoms with Crippen LogP contribution in [0, 0.1) is 0 Å². The summed E-state index contributed by atoms with van der Waals surface area (Å²) in [4.78, 5) is 7.97. The normalized spacial score (nSPS) is 18.0. The van der Waals surface area contributed by atoms with Crippen molar-refractivity contribution in [2.45, 2.75) is 32.6 Å². The number of hydrogen-bond acceptors (Lipinski definition) is 4. The molecule has 1 saturated heterocycles. The molecule has 11 heteroatoms. The van der Waals surface area contributed by atoms with E-state index in [0.717, 1.165) is 5.82 Å². The number of piperazine rings is 1. The van der Waals surface area contributed by atoms with Crippen molar-refractivity contribution in [1.82, 2.24) is 29.9 Å². The topological polar surface area (TPSA) is 61.6 Å². The molecule has 1 aromatic rings. The summed E-state index contributed by atoms with van der Waals surface area (Å²) in [6, 6.07) is -1.42. The summed E-state index contributed by atoms with van der Waals surface area (Å²) in [5, 5.41) is 11.0. The van der Waals surface area contributed by atoms with E-state index < -0.39 is 12.2 Å². The van der Waals surface area contributed by atoms with Crippen molar-refractivity contribution in [3.8, 4) is 0 Å². The van der Waals surface area contributed by atoms with E-state index >= 15 is 0 Å². The average molecular weight is 475 g/mol. The highest BCUT2D eigenvalue weighted by Gasteiger charge is 2.41. The van der Waals surface area contributed by atoms with Gasteiger partial charge in [-0.15, -0.1) is 34.2 Å². The maximum Gasteiger partial charge on any atom is 0.403 e. The quantitative estimate of drug-likeness (QED) is 0.406. The van der Waals surface area contributed by atoms with Crippen LogP contribution in [0.2, 0.25) is 0 Å². The van der Waals surface area contributed by atoms with Gasteiger partial charge in [0.15, 0.2) is 11.8 Å². The number of aliphatic imine (C=N–C) groups is 1. The lowest BCUT2D eigenvalue weighted by atomic mass is 10.2. The second kappa shape index (κ2) is 9.55. The fraction of sp³-hybridized carbons (Fsp3) is 0.786. The summed E-state index contributed by atoms with van der Waals surface area (Å²) >= 11 is 0. The number of alkyl halides is 3. The molecule has 2 heterocycles. The molecule has 144 valence electrons. The van der Waals surface area contributed by atoms with Gasteiger partial charge in [-0.25, -0.2) is 4.99 Å². The predicted octanol–water partition coefficient (Wildman–Crippen LogP) is 1.47. The van der Waals surface area contributed by atoms with Crippen molar-refractivity contribution < 1.29 is 13.2 Å². The molecule has 1 N–H and O–H groups in total. The second-order valence-corrected chi connectivity index (χ2v) is 5.77. The Balaban J connectivity index is 0.00000312. The highest BCUT2D eigenvalue weighted by atomic mass is 127. The highest BCUT2D eigenvalue weighted by molar-refractivity contribution is 14.0. The number of aryl methyl sites for hydroxylation is 1. The molecule has 1 atom stereocenters. The van der Waals surface area contributed by atoms with Gasteiger partial charge in [0.2, 0.25) is 0 Å². The molecule has 1 unspecified atom stereocenters. The number of guanidine groups is 1. The number of nitrogens with one attached hydrogen (secondary N) is 1. The standard InChI is InChI=1S/C14H24F3N7.HI/c1-4-18-13(19-9-12-21-20-10-22(12)3)24-7-5-23(6-8-24)11(2)14(15,16)17;/h10-11H,4-9H2,1-3H3,(H,18,19);1H. The fourth-order valence-corrected chi connectivity index (χ4v) is 2.55. The van der Waals surface area contributed by atoms with Crippen LogP contribution in [0.4, 0.5) is 13.2 Å². The molecule has 1 aromatic heterocycles. The zero-order valence-electron chi connectivity index (χ0n) is 14.6. The van der Waals surface area contributed by atoms with Gasteiger partial charge in [-0.2, -0.15) is 13.2 Å². The minimum atomic E-state index is -4.19. The Bertz CT molecular complexity index is 553. The summed E-state index contributed by atoms with van der Waals surface area (Å²) in [6.45, 7) is 5.96. The molecule has 0 spiro atoms. The second-order valence-electron chi connectivity index (χ2n) is 5.77. The molecule has 0 aliphatic carbocycles. The average Bonchev–Trinajstić information content (AvgIpc) is 2.95. The molecule has 0 amide bonds. The van der Waals surface area contributed by atoms with Gasteiger partial charge in [0.05, 0.1) is 0 Å². The Kier molecular flexibility index (Phi) is 8.38. The van der Waals surface area contributed by atoms with Crippen molar-refractivity contribution >= 4 is 29.9 Å². The van der Waals surface area contributed by atoms with Crippen molar-refractivity contribution in [3.63, 3.8) is 0 Å². The van der Waals surface area contributed by atoms with Gasteiger partial charge < -0.3 is 14.8 Å². The van der Waals surface area contributed by atoms with Gasteiger partial charge in [-0.05, 0) is 13.8 Å². The molecule has 1 aliphatic rings. The van der Waals surface area contributed by atoms with Crippen LogP contribution in [0.3, 0.4) is 0 Å². The lowest BCUT2D eigenvalue weighted by molar-refractivity contribution is -0.181. The van der Waals surface area contributed by atoms with E-state index in [1.54, 1.807) is 10.9 Å². The monoisotopic (exact) mass is 475 g/mol. The summed E-state index contributed by atoms with van der Waals surface area (Å²) in [6.07, 6.45) is -2.58. The molecule has 25 heavy (non-hydrogen) atoms. The van der Waals surface area contributed by atoms with Crippen LogP contribution in [0.15, 0.2) is 11.3 Å². The zero-order valence-corrected chi connectivity index (χ0v) is 17.0. The number of aromatic nitrogens is 3. The molecule has 0 bridgehead atoms. The number of rotatable bonds is 4. The summed E-state index contributed by atoms with van der Waals surface area (Å²) in [7, 11) is 1.84. The van der Waals surface area contributed by atoms with Crippen LogP contribution in [0.25, 0.3) is 0 Å². The van der Waals surface area contributed by atoms with Crippen LogP contribution in [0.5, 0.6) is 0 Å². The molecular formula is C14H25F3IN7. The lowest BCUT2D eigenvalue weighted by Gasteiger charge is -2.39. The van der Waals surface area contributed by atoms with Gasteiger partial charge in [0, 0.05) is 39.8 Å². The Labute approximate surface area is 162 Å². The minimum absolute atomic E-state index is 0. The van der Waals surface area contributed by atoms with Crippen LogP contribution >= 0.6 is 24.0 Å². The Morgan fingerprint density at radius 2 is 1.96 bits per heavy atom. The first kappa shape index (κ1) is 21.9. The molecule has 1 fully saturated rings. The van der Waals surface area contributed by atoms with Gasteiger partial charge in [-0.1, -0.05) is 0 Å².